The second-order valence-corrected chi connectivity index (χ2v) is 7.89. The molecule has 0 aromatic carbocycles. The second-order valence-electron chi connectivity index (χ2n) is 6.92. The first-order chi connectivity index (χ1) is 11.1. The lowest BCUT2D eigenvalue weighted by Gasteiger charge is -2.42. The third-order valence-corrected chi connectivity index (χ3v) is 6.54. The number of piperidine rings is 1. The molecule has 7 heteroatoms. The highest BCUT2D eigenvalue weighted by Gasteiger charge is 2.27. The number of rotatable bonds is 2. The summed E-state index contributed by atoms with van der Waals surface area (Å²) in [7, 11) is 4.22. The Morgan fingerprint density at radius 2 is 1.70 bits per heavy atom. The number of aromatic nitrogens is 3. The van der Waals surface area contributed by atoms with Gasteiger partial charge in [-0.25, -0.2) is 9.67 Å². The largest absolute Gasteiger partial charge is 0.345 e. The molecule has 4 rings (SSSR count). The molecule has 23 heavy (non-hydrogen) atoms. The minimum absolute atomic E-state index is 0.787. The van der Waals surface area contributed by atoms with Gasteiger partial charge in [0.1, 0.15) is 0 Å². The van der Waals surface area contributed by atoms with E-state index in [0.29, 0.717) is 0 Å². The number of fused-ring (bicyclic) bond motifs is 1. The molecule has 0 spiro atoms. The summed E-state index contributed by atoms with van der Waals surface area (Å²) in [5.41, 5.74) is 2.12. The number of likely N-dealkylation sites (tertiary alicyclic amines) is 1. The van der Waals surface area contributed by atoms with Crippen molar-refractivity contribution in [2.45, 2.75) is 25.8 Å². The third kappa shape index (κ3) is 2.86. The fourth-order valence-electron chi connectivity index (χ4n) is 3.85. The lowest BCUT2D eigenvalue weighted by molar-refractivity contribution is 0.115. The van der Waals surface area contributed by atoms with Crippen LogP contribution in [-0.4, -0.2) is 76.9 Å². The predicted octanol–water partition coefficient (Wildman–Crippen LogP) is 1.55. The van der Waals surface area contributed by atoms with Crippen LogP contribution in [-0.2, 0) is 7.05 Å². The maximum absolute atomic E-state index is 4.82. The van der Waals surface area contributed by atoms with Crippen molar-refractivity contribution < 1.29 is 0 Å². The minimum atomic E-state index is 0.787. The van der Waals surface area contributed by atoms with E-state index in [4.69, 9.17) is 4.98 Å². The van der Waals surface area contributed by atoms with Crippen LogP contribution in [0.4, 0.5) is 5.13 Å². The lowest BCUT2D eigenvalue weighted by Crippen LogP contribution is -2.53. The molecular weight excluding hydrogens is 308 g/mol. The number of nitrogens with zero attached hydrogens (tertiary/aromatic N) is 6. The van der Waals surface area contributed by atoms with Crippen molar-refractivity contribution in [1.82, 2.24) is 24.6 Å². The van der Waals surface area contributed by atoms with Crippen LogP contribution in [0.3, 0.4) is 0 Å². The van der Waals surface area contributed by atoms with Crippen molar-refractivity contribution in [3.05, 3.63) is 5.69 Å². The zero-order valence-electron chi connectivity index (χ0n) is 14.3. The van der Waals surface area contributed by atoms with E-state index in [1.165, 1.54) is 48.9 Å². The summed E-state index contributed by atoms with van der Waals surface area (Å²) >= 11 is 1.79. The van der Waals surface area contributed by atoms with Crippen LogP contribution in [0.1, 0.15) is 18.5 Å². The van der Waals surface area contributed by atoms with Crippen molar-refractivity contribution in [3.8, 4) is 0 Å². The van der Waals surface area contributed by atoms with Crippen molar-refractivity contribution in [2.75, 3.05) is 51.2 Å². The number of thiazole rings is 1. The maximum atomic E-state index is 4.82. The van der Waals surface area contributed by atoms with Gasteiger partial charge in [-0.05, 0) is 39.9 Å². The van der Waals surface area contributed by atoms with Crippen LogP contribution < -0.4 is 4.90 Å². The summed E-state index contributed by atoms with van der Waals surface area (Å²) in [5, 5.41) is 5.62. The zero-order valence-corrected chi connectivity index (χ0v) is 15.1. The van der Waals surface area contributed by atoms with Crippen molar-refractivity contribution in [1.29, 1.82) is 0 Å². The van der Waals surface area contributed by atoms with Gasteiger partial charge >= 0.3 is 0 Å². The van der Waals surface area contributed by atoms with E-state index in [-0.39, 0.29) is 0 Å². The Bertz CT molecular complexity index is 642. The highest BCUT2D eigenvalue weighted by molar-refractivity contribution is 7.22. The van der Waals surface area contributed by atoms with Gasteiger partial charge in [0.05, 0.1) is 10.4 Å². The van der Waals surface area contributed by atoms with Gasteiger partial charge in [-0.1, -0.05) is 11.3 Å². The number of hydrogen-bond donors (Lipinski definition) is 0. The Balaban J connectivity index is 1.41. The molecule has 2 saturated heterocycles. The van der Waals surface area contributed by atoms with Crippen molar-refractivity contribution in [2.24, 2.45) is 7.05 Å². The molecule has 2 fully saturated rings. The minimum Gasteiger partial charge on any atom is -0.345 e. The fraction of sp³-hybridized carbons (Fsp3) is 0.750. The smallest absolute Gasteiger partial charge is 0.188 e. The molecule has 2 aromatic heterocycles. The molecule has 2 aliphatic rings. The van der Waals surface area contributed by atoms with Crippen LogP contribution >= 0.6 is 11.3 Å². The van der Waals surface area contributed by atoms with Gasteiger partial charge in [0, 0.05) is 39.3 Å². The van der Waals surface area contributed by atoms with E-state index in [1.54, 1.807) is 11.3 Å². The SMILES string of the molecule is Cc1nn(C)c2nc(N3CCN(C4CCN(C)CC4)CC3)sc12. The van der Waals surface area contributed by atoms with E-state index in [0.717, 1.165) is 30.5 Å². The molecule has 0 atom stereocenters. The zero-order chi connectivity index (χ0) is 16.0. The fourth-order valence-corrected chi connectivity index (χ4v) is 4.93. The molecule has 0 bridgehead atoms. The first kappa shape index (κ1) is 15.4. The van der Waals surface area contributed by atoms with Crippen molar-refractivity contribution in [3.63, 3.8) is 0 Å². The second kappa shape index (κ2) is 6.03. The standard InChI is InChI=1S/C16H26N6S/c1-12-14-15(20(3)18-12)17-16(23-14)22-10-8-21(9-11-22)13-4-6-19(2)7-5-13/h13H,4-11H2,1-3H3. The topological polar surface area (TPSA) is 40.4 Å². The number of piperazine rings is 1. The Hall–Kier alpha value is -1.18. The Labute approximate surface area is 141 Å². The first-order valence-corrected chi connectivity index (χ1v) is 9.41. The molecule has 0 saturated carbocycles. The van der Waals surface area contributed by atoms with Crippen molar-refractivity contribution >= 4 is 26.8 Å². The van der Waals surface area contributed by atoms with E-state index < -0.39 is 0 Å². The van der Waals surface area contributed by atoms with Crippen LogP contribution in [0.25, 0.3) is 10.3 Å². The number of aryl methyl sites for hydroxylation is 2. The highest BCUT2D eigenvalue weighted by atomic mass is 32.1. The molecule has 0 unspecified atom stereocenters. The molecule has 2 aromatic rings. The molecule has 0 radical (unpaired) electrons. The maximum Gasteiger partial charge on any atom is 0.188 e. The van der Waals surface area contributed by atoms with Gasteiger partial charge < -0.3 is 9.80 Å². The molecule has 0 aliphatic carbocycles. The number of hydrogen-bond acceptors (Lipinski definition) is 6. The quantitative estimate of drug-likeness (QED) is 0.833. The van der Waals surface area contributed by atoms with E-state index in [1.807, 2.05) is 11.7 Å². The summed E-state index contributed by atoms with van der Waals surface area (Å²) in [6, 6.07) is 0.787. The molecule has 2 aliphatic heterocycles. The van der Waals surface area contributed by atoms with E-state index >= 15 is 0 Å². The van der Waals surface area contributed by atoms with Gasteiger partial charge in [-0.2, -0.15) is 5.10 Å². The molecule has 126 valence electrons. The molecule has 0 amide bonds. The van der Waals surface area contributed by atoms with Crippen LogP contribution in [0.5, 0.6) is 0 Å². The molecular formula is C16H26N6S. The number of anilines is 1. The normalized spacial score (nSPS) is 22.3. The summed E-state index contributed by atoms with van der Waals surface area (Å²) in [6.45, 7) is 9.09. The summed E-state index contributed by atoms with van der Waals surface area (Å²) < 4.78 is 3.14. The van der Waals surface area contributed by atoms with E-state index in [9.17, 15) is 0 Å². The molecule has 6 nitrogen and oxygen atoms in total. The van der Waals surface area contributed by atoms with Gasteiger partial charge in [0.2, 0.25) is 0 Å². The molecule has 0 N–H and O–H groups in total. The average Bonchev–Trinajstić information content (AvgIpc) is 3.11. The third-order valence-electron chi connectivity index (χ3n) is 5.32. The van der Waals surface area contributed by atoms with Gasteiger partial charge in [-0.3, -0.25) is 4.90 Å². The molecule has 4 heterocycles. The summed E-state index contributed by atoms with van der Waals surface area (Å²) in [6.07, 6.45) is 2.64. The first-order valence-electron chi connectivity index (χ1n) is 8.59. The lowest BCUT2D eigenvalue weighted by atomic mass is 10.0. The summed E-state index contributed by atoms with van der Waals surface area (Å²) in [4.78, 5) is 12.4. The summed E-state index contributed by atoms with van der Waals surface area (Å²) in [5.74, 6) is 0. The monoisotopic (exact) mass is 334 g/mol. The van der Waals surface area contributed by atoms with Crippen LogP contribution in [0.15, 0.2) is 0 Å². The Kier molecular flexibility index (Phi) is 4.03. The average molecular weight is 334 g/mol. The Morgan fingerprint density at radius 3 is 2.35 bits per heavy atom. The Morgan fingerprint density at radius 1 is 1.00 bits per heavy atom. The van der Waals surface area contributed by atoms with E-state index in [2.05, 4.69) is 33.8 Å². The van der Waals surface area contributed by atoms with Gasteiger partial charge in [-0.15, -0.1) is 0 Å². The highest BCUT2D eigenvalue weighted by Crippen LogP contribution is 2.31. The van der Waals surface area contributed by atoms with Gasteiger partial charge in [0.25, 0.3) is 0 Å². The van der Waals surface area contributed by atoms with Crippen LogP contribution in [0.2, 0.25) is 0 Å². The predicted molar refractivity (Wildman–Crippen MR) is 95.4 cm³/mol. The van der Waals surface area contributed by atoms with Gasteiger partial charge in [0.15, 0.2) is 10.8 Å². The van der Waals surface area contributed by atoms with Crippen LogP contribution in [0, 0.1) is 6.92 Å².